The summed E-state index contributed by atoms with van der Waals surface area (Å²) in [4.78, 5) is 0. The molecule has 4 rings (SSSR count). The summed E-state index contributed by atoms with van der Waals surface area (Å²) < 4.78 is 0. The number of hydrogen-bond acceptors (Lipinski definition) is 0. The van der Waals surface area contributed by atoms with E-state index in [-0.39, 0.29) is 0 Å². The van der Waals surface area contributed by atoms with Gasteiger partial charge in [0.05, 0.1) is 0 Å². The molecule has 0 fully saturated rings. The minimum absolute atomic E-state index is 0.415. The molecule has 0 N–H and O–H groups in total. The van der Waals surface area contributed by atoms with E-state index < -0.39 is 0 Å². The van der Waals surface area contributed by atoms with Crippen molar-refractivity contribution < 1.29 is 0 Å². The van der Waals surface area contributed by atoms with Crippen molar-refractivity contribution in [3.05, 3.63) is 140 Å². The van der Waals surface area contributed by atoms with Crippen molar-refractivity contribution in [2.24, 2.45) is 0 Å². The smallest absolute Gasteiger partial charge is 0.00947 e. The molecule has 0 atom stereocenters. The average Bonchev–Trinajstić information content (AvgIpc) is 2.86. The maximum atomic E-state index is 2.43. The Kier molecular flexibility index (Phi) is 8.38. The molecule has 0 nitrogen and oxygen atoms in total. The maximum Gasteiger partial charge on any atom is 0.00947 e. The number of aryl methyl sites for hydroxylation is 8. The summed E-state index contributed by atoms with van der Waals surface area (Å²) in [6.45, 7) is 18.0. The van der Waals surface area contributed by atoms with Crippen molar-refractivity contribution in [2.75, 3.05) is 0 Å². The molecular formula is C37H44. The topological polar surface area (TPSA) is 0 Å². The second kappa shape index (κ2) is 11.5. The molecule has 0 heteroatoms. The van der Waals surface area contributed by atoms with Gasteiger partial charge in [-0.3, -0.25) is 0 Å². The second-order valence-corrected chi connectivity index (χ2v) is 11.5. The first-order chi connectivity index (χ1) is 17.6. The van der Waals surface area contributed by atoms with Gasteiger partial charge in [0, 0.05) is 11.8 Å². The molecule has 0 heterocycles. The zero-order chi connectivity index (χ0) is 26.7. The van der Waals surface area contributed by atoms with Crippen LogP contribution in [-0.4, -0.2) is 0 Å². The SMILES string of the molecule is Cc1ccc(C)c(C(CCCC(c2cc(C)ccc2C)c2cc(C)ccc2C)c2cc(C)ccc2C)c1. The Labute approximate surface area is 225 Å². The Bertz CT molecular complexity index is 1180. The predicted molar refractivity (Wildman–Crippen MR) is 161 cm³/mol. The van der Waals surface area contributed by atoms with Crippen molar-refractivity contribution in [3.8, 4) is 0 Å². The largest absolute Gasteiger partial charge is 0.0590 e. The van der Waals surface area contributed by atoms with E-state index in [2.05, 4.69) is 128 Å². The Morgan fingerprint density at radius 1 is 0.378 bits per heavy atom. The quantitative estimate of drug-likeness (QED) is 0.231. The Hall–Kier alpha value is -3.12. The number of benzene rings is 4. The molecule has 0 aromatic heterocycles. The first kappa shape index (κ1) is 26.9. The van der Waals surface area contributed by atoms with E-state index in [1.54, 1.807) is 0 Å². The van der Waals surface area contributed by atoms with Crippen LogP contribution in [0.3, 0.4) is 0 Å². The highest BCUT2D eigenvalue weighted by Gasteiger charge is 2.22. The highest BCUT2D eigenvalue weighted by atomic mass is 14.3. The minimum atomic E-state index is 0.415. The molecule has 4 aromatic rings. The van der Waals surface area contributed by atoms with Crippen molar-refractivity contribution in [3.63, 3.8) is 0 Å². The second-order valence-electron chi connectivity index (χ2n) is 11.5. The van der Waals surface area contributed by atoms with E-state index in [1.165, 1.54) is 73.2 Å². The first-order valence-corrected chi connectivity index (χ1v) is 13.9. The average molecular weight is 489 g/mol. The van der Waals surface area contributed by atoms with Gasteiger partial charge in [0.25, 0.3) is 0 Å². The van der Waals surface area contributed by atoms with Crippen LogP contribution in [-0.2, 0) is 0 Å². The third-order valence-electron chi connectivity index (χ3n) is 8.23. The highest BCUT2D eigenvalue weighted by Crippen LogP contribution is 2.39. The van der Waals surface area contributed by atoms with Crippen molar-refractivity contribution in [2.45, 2.75) is 86.5 Å². The molecule has 192 valence electrons. The van der Waals surface area contributed by atoms with E-state index in [9.17, 15) is 0 Å². The molecule has 0 aliphatic rings. The monoisotopic (exact) mass is 488 g/mol. The van der Waals surface area contributed by atoms with E-state index in [0.29, 0.717) is 11.8 Å². The zero-order valence-electron chi connectivity index (χ0n) is 24.2. The molecular weight excluding hydrogens is 444 g/mol. The van der Waals surface area contributed by atoms with Crippen molar-refractivity contribution >= 4 is 0 Å². The van der Waals surface area contributed by atoms with E-state index >= 15 is 0 Å². The number of hydrogen-bond donors (Lipinski definition) is 0. The van der Waals surface area contributed by atoms with Gasteiger partial charge in [-0.2, -0.15) is 0 Å². The molecule has 0 aliphatic heterocycles. The van der Waals surface area contributed by atoms with Crippen LogP contribution in [0.25, 0.3) is 0 Å². The van der Waals surface area contributed by atoms with E-state index in [1.807, 2.05) is 0 Å². The van der Waals surface area contributed by atoms with Crippen molar-refractivity contribution in [1.82, 2.24) is 0 Å². The third-order valence-corrected chi connectivity index (χ3v) is 8.23. The molecule has 0 amide bonds. The highest BCUT2D eigenvalue weighted by molar-refractivity contribution is 5.45. The third kappa shape index (κ3) is 6.24. The van der Waals surface area contributed by atoms with Crippen LogP contribution in [0.1, 0.15) is 97.9 Å². The molecule has 0 unspecified atom stereocenters. The van der Waals surface area contributed by atoms with Crippen LogP contribution in [0.2, 0.25) is 0 Å². The van der Waals surface area contributed by atoms with Gasteiger partial charge in [0.1, 0.15) is 0 Å². The number of rotatable bonds is 8. The lowest BCUT2D eigenvalue weighted by Crippen LogP contribution is -2.10. The fourth-order valence-corrected chi connectivity index (χ4v) is 6.02. The summed E-state index contributed by atoms with van der Waals surface area (Å²) >= 11 is 0. The lowest BCUT2D eigenvalue weighted by Gasteiger charge is -2.26. The molecule has 0 radical (unpaired) electrons. The van der Waals surface area contributed by atoms with Gasteiger partial charge in [-0.25, -0.2) is 0 Å². The van der Waals surface area contributed by atoms with Crippen LogP contribution in [0.4, 0.5) is 0 Å². The van der Waals surface area contributed by atoms with Crippen LogP contribution in [0.5, 0.6) is 0 Å². The summed E-state index contributed by atoms with van der Waals surface area (Å²) in [6, 6.07) is 27.9. The summed E-state index contributed by atoms with van der Waals surface area (Å²) in [5, 5.41) is 0. The lowest BCUT2D eigenvalue weighted by atomic mass is 9.78. The standard InChI is InChI=1S/C37H44/c1-24-12-16-28(5)34(20-24)32(35-21-25(2)13-17-29(35)6)10-9-11-33(36-22-26(3)14-18-30(36)7)37-23-27(4)15-19-31(37)8/h12-23,32-33H,9-11H2,1-8H3. The molecule has 37 heavy (non-hydrogen) atoms. The van der Waals surface area contributed by atoms with E-state index in [0.717, 1.165) is 12.8 Å². The van der Waals surface area contributed by atoms with Gasteiger partial charge < -0.3 is 0 Å². The lowest BCUT2D eigenvalue weighted by molar-refractivity contribution is 0.585. The molecule has 0 aliphatic carbocycles. The fraction of sp³-hybridized carbons (Fsp3) is 0.351. The molecule has 4 aromatic carbocycles. The van der Waals surface area contributed by atoms with E-state index in [4.69, 9.17) is 0 Å². The predicted octanol–water partition coefficient (Wildman–Crippen LogP) is 10.3. The zero-order valence-corrected chi connectivity index (χ0v) is 24.2. The van der Waals surface area contributed by atoms with Crippen LogP contribution in [0.15, 0.2) is 72.8 Å². The van der Waals surface area contributed by atoms with Gasteiger partial charge >= 0.3 is 0 Å². The fourth-order valence-electron chi connectivity index (χ4n) is 6.02. The van der Waals surface area contributed by atoms with Gasteiger partial charge in [-0.05, 0) is 113 Å². The Balaban J connectivity index is 1.72. The summed E-state index contributed by atoms with van der Waals surface area (Å²) in [5.74, 6) is 0.829. The normalized spacial score (nSPS) is 11.5. The van der Waals surface area contributed by atoms with Crippen LogP contribution >= 0.6 is 0 Å². The molecule has 0 spiro atoms. The van der Waals surface area contributed by atoms with Gasteiger partial charge in [0.15, 0.2) is 0 Å². The Morgan fingerprint density at radius 3 is 0.865 bits per heavy atom. The Morgan fingerprint density at radius 2 is 0.622 bits per heavy atom. The molecule has 0 saturated carbocycles. The first-order valence-electron chi connectivity index (χ1n) is 13.9. The minimum Gasteiger partial charge on any atom is -0.0590 e. The van der Waals surface area contributed by atoms with Gasteiger partial charge in [-0.15, -0.1) is 0 Å². The summed E-state index contributed by atoms with van der Waals surface area (Å²) in [5.41, 5.74) is 16.9. The molecule has 0 bridgehead atoms. The van der Waals surface area contributed by atoms with Gasteiger partial charge in [0.2, 0.25) is 0 Å². The van der Waals surface area contributed by atoms with Crippen molar-refractivity contribution in [1.29, 1.82) is 0 Å². The molecule has 0 saturated heterocycles. The summed E-state index contributed by atoms with van der Waals surface area (Å²) in [7, 11) is 0. The maximum absolute atomic E-state index is 2.43. The van der Waals surface area contributed by atoms with Crippen LogP contribution in [0, 0.1) is 55.4 Å². The summed E-state index contributed by atoms with van der Waals surface area (Å²) in [6.07, 6.45) is 3.48. The van der Waals surface area contributed by atoms with Crippen LogP contribution < -0.4 is 0 Å². The van der Waals surface area contributed by atoms with Gasteiger partial charge in [-0.1, -0.05) is 101 Å².